The molecule has 10 heteroatoms. The Labute approximate surface area is 187 Å². The Morgan fingerprint density at radius 1 is 1.25 bits per heavy atom. The Morgan fingerprint density at radius 2 is 2.12 bits per heavy atom. The fourth-order valence-electron chi connectivity index (χ4n) is 3.99. The highest BCUT2D eigenvalue weighted by Crippen LogP contribution is 2.34. The number of pyridine rings is 1. The number of amides is 2. The molecular formula is C22H20N8O2. The lowest BCUT2D eigenvalue weighted by Gasteiger charge is -2.12. The van der Waals surface area contributed by atoms with E-state index < -0.39 is 12.9 Å². The molecule has 1 aliphatic heterocycles. The first-order valence-corrected chi connectivity index (χ1v) is 10.2. The van der Waals surface area contributed by atoms with Crippen molar-refractivity contribution in [2.75, 3.05) is 12.3 Å². The molecule has 0 atom stereocenters. The average Bonchev–Trinajstić information content (AvgIpc) is 3.28. The van der Waals surface area contributed by atoms with Gasteiger partial charge in [-0.3, -0.25) is 18.8 Å². The van der Waals surface area contributed by atoms with Gasteiger partial charge in [-0.05, 0) is 25.0 Å². The average molecular weight is 431 g/mol. The number of aryl methyl sites for hydroxylation is 1. The second-order valence-corrected chi connectivity index (χ2v) is 8.03. The van der Waals surface area contributed by atoms with Gasteiger partial charge in [0, 0.05) is 35.7 Å². The molecule has 4 aromatic rings. The summed E-state index contributed by atoms with van der Waals surface area (Å²) in [6.45, 7) is -2.80. The zero-order valence-corrected chi connectivity index (χ0v) is 17.1. The van der Waals surface area contributed by atoms with Crippen molar-refractivity contribution in [1.29, 1.82) is 0 Å². The first-order chi connectivity index (χ1) is 16.7. The number of hydrogen-bond acceptors (Lipinski definition) is 6. The number of nitrogens with zero attached hydrogens (tertiary/aromatic N) is 7. The van der Waals surface area contributed by atoms with Gasteiger partial charge in [-0.25, -0.2) is 15.0 Å². The van der Waals surface area contributed by atoms with Crippen molar-refractivity contribution < 1.29 is 13.7 Å². The molecule has 2 aliphatic rings. The summed E-state index contributed by atoms with van der Waals surface area (Å²) in [5, 5.41) is 7.18. The second-order valence-electron chi connectivity index (χ2n) is 8.03. The second kappa shape index (κ2) is 6.71. The number of benzene rings is 1. The van der Waals surface area contributed by atoms with E-state index in [-0.39, 0.29) is 29.8 Å². The topological polar surface area (TPSA) is 111 Å². The Balaban J connectivity index is 1.52. The Hall–Kier alpha value is -4.08. The summed E-state index contributed by atoms with van der Waals surface area (Å²) in [6.07, 6.45) is 4.80. The highest BCUT2D eigenvalue weighted by Gasteiger charge is 2.33. The number of rotatable bonds is 4. The first kappa shape index (κ1) is 15.7. The number of nitrogens with one attached hydrogen (secondary N) is 1. The van der Waals surface area contributed by atoms with Gasteiger partial charge in [0.2, 0.25) is 5.91 Å². The zero-order valence-electron chi connectivity index (χ0n) is 20.1. The molecular weight excluding hydrogens is 408 g/mol. The van der Waals surface area contributed by atoms with Crippen LogP contribution in [0.2, 0.25) is 0 Å². The van der Waals surface area contributed by atoms with Gasteiger partial charge in [-0.1, -0.05) is 6.07 Å². The van der Waals surface area contributed by atoms with E-state index in [4.69, 9.17) is 4.11 Å². The number of carbonyl (C=O) groups is 2. The number of carbonyl (C=O) groups excluding carboxylic acids is 2. The Morgan fingerprint density at radius 3 is 2.88 bits per heavy atom. The van der Waals surface area contributed by atoms with Crippen molar-refractivity contribution in [3.63, 3.8) is 0 Å². The summed E-state index contributed by atoms with van der Waals surface area (Å²) < 4.78 is 26.6. The van der Waals surface area contributed by atoms with Crippen LogP contribution in [0.25, 0.3) is 28.1 Å². The molecule has 160 valence electrons. The van der Waals surface area contributed by atoms with Crippen LogP contribution in [0.5, 0.6) is 0 Å². The third kappa shape index (κ3) is 2.87. The van der Waals surface area contributed by atoms with Crippen molar-refractivity contribution in [2.45, 2.75) is 19.4 Å². The third-order valence-corrected chi connectivity index (χ3v) is 5.72. The number of aromatic nitrogens is 6. The molecule has 0 spiro atoms. The maximum atomic E-state index is 13.2. The highest BCUT2D eigenvalue weighted by molar-refractivity contribution is 6.03. The molecule has 4 heterocycles. The normalized spacial score (nSPS) is 17.2. The van der Waals surface area contributed by atoms with E-state index in [1.165, 1.54) is 0 Å². The van der Waals surface area contributed by atoms with E-state index in [0.717, 1.165) is 17.7 Å². The van der Waals surface area contributed by atoms with Gasteiger partial charge in [-0.2, -0.15) is 5.10 Å². The predicted molar refractivity (Wildman–Crippen MR) is 116 cm³/mol. The molecule has 0 radical (unpaired) electrons. The molecule has 1 aromatic carbocycles. The summed E-state index contributed by atoms with van der Waals surface area (Å²) in [6, 6.07) is 7.12. The van der Waals surface area contributed by atoms with E-state index in [1.54, 1.807) is 35.0 Å². The molecule has 0 unspecified atom stereocenters. The predicted octanol–water partition coefficient (Wildman–Crippen LogP) is 2.15. The van der Waals surface area contributed by atoms with Crippen LogP contribution >= 0.6 is 0 Å². The zero-order chi connectivity index (χ0) is 24.5. The van der Waals surface area contributed by atoms with Gasteiger partial charge in [-0.15, -0.1) is 0 Å². The van der Waals surface area contributed by atoms with Crippen LogP contribution in [0.15, 0.2) is 36.9 Å². The molecule has 1 aliphatic carbocycles. The van der Waals surface area contributed by atoms with Gasteiger partial charge in [0.15, 0.2) is 5.82 Å². The minimum Gasteiger partial charge on any atom is -0.336 e. The number of hydrogen-bond donors (Lipinski definition) is 1. The molecule has 1 fully saturated rings. The standard InChI is InChI=1S/C22H20N8O2/c1-28-9-14-18(22(28)32)16(8-17(25-14)26-21(31)12-6-7-12)30-11-23-19-13(4-3-5-15(19)30)20-24-10-29(2)27-20/h3-5,8,10-12H,6-7,9H2,1-2H3,(H,25,26,31)/i1D3. The lowest BCUT2D eigenvalue weighted by Crippen LogP contribution is -2.18. The van der Waals surface area contributed by atoms with Crippen molar-refractivity contribution in [1.82, 2.24) is 34.2 Å². The monoisotopic (exact) mass is 431 g/mol. The van der Waals surface area contributed by atoms with E-state index >= 15 is 0 Å². The summed E-state index contributed by atoms with van der Waals surface area (Å²) >= 11 is 0. The van der Waals surface area contributed by atoms with Gasteiger partial charge in [0.25, 0.3) is 5.91 Å². The quantitative estimate of drug-likeness (QED) is 0.530. The minimum atomic E-state index is -2.62. The van der Waals surface area contributed by atoms with E-state index in [9.17, 15) is 9.59 Å². The van der Waals surface area contributed by atoms with Gasteiger partial charge in [0.1, 0.15) is 18.5 Å². The molecule has 0 bridgehead atoms. The molecule has 10 nitrogen and oxygen atoms in total. The van der Waals surface area contributed by atoms with Crippen LogP contribution in [-0.4, -0.2) is 53.0 Å². The maximum absolute atomic E-state index is 13.2. The molecule has 1 saturated carbocycles. The molecule has 0 saturated heterocycles. The van der Waals surface area contributed by atoms with Crippen LogP contribution in [0.4, 0.5) is 5.82 Å². The highest BCUT2D eigenvalue weighted by atomic mass is 16.2. The number of imidazole rings is 1. The molecule has 3 aromatic heterocycles. The minimum absolute atomic E-state index is 0.0449. The van der Waals surface area contributed by atoms with Crippen molar-refractivity contribution in [3.05, 3.63) is 48.2 Å². The van der Waals surface area contributed by atoms with E-state index in [2.05, 4.69) is 25.4 Å². The van der Waals surface area contributed by atoms with Crippen LogP contribution in [0, 0.1) is 5.92 Å². The summed E-state index contributed by atoms with van der Waals surface area (Å²) in [4.78, 5) is 39.8. The fourth-order valence-corrected chi connectivity index (χ4v) is 3.99. The van der Waals surface area contributed by atoms with Crippen LogP contribution in [0.3, 0.4) is 0 Å². The van der Waals surface area contributed by atoms with Crippen molar-refractivity contribution in [3.8, 4) is 17.1 Å². The molecule has 1 N–H and O–H groups in total. The lowest BCUT2D eigenvalue weighted by atomic mass is 10.1. The largest absolute Gasteiger partial charge is 0.336 e. The van der Waals surface area contributed by atoms with Gasteiger partial charge < -0.3 is 10.2 Å². The number of fused-ring (bicyclic) bond motifs is 2. The first-order valence-electron chi connectivity index (χ1n) is 11.7. The third-order valence-electron chi connectivity index (χ3n) is 5.72. The summed E-state index contributed by atoms with van der Waals surface area (Å²) in [5.74, 6) is -0.0616. The van der Waals surface area contributed by atoms with Crippen molar-refractivity contribution in [2.24, 2.45) is 13.0 Å². The van der Waals surface area contributed by atoms with E-state index in [0.29, 0.717) is 33.8 Å². The van der Waals surface area contributed by atoms with Crippen LogP contribution in [-0.2, 0) is 18.4 Å². The number of para-hydroxylation sites is 1. The van der Waals surface area contributed by atoms with Crippen LogP contribution < -0.4 is 5.32 Å². The molecule has 32 heavy (non-hydrogen) atoms. The maximum Gasteiger partial charge on any atom is 0.258 e. The van der Waals surface area contributed by atoms with E-state index in [1.807, 2.05) is 18.2 Å². The Bertz CT molecular complexity index is 1520. The van der Waals surface area contributed by atoms with Gasteiger partial charge >= 0.3 is 0 Å². The smallest absolute Gasteiger partial charge is 0.258 e. The fraction of sp³-hybridized carbons (Fsp3) is 0.273. The van der Waals surface area contributed by atoms with Crippen molar-refractivity contribution >= 4 is 28.7 Å². The SMILES string of the molecule is [2H]C([2H])([2H])N1Cc2nc(NC(=O)C3CC3)cc(-n3cnc4c(-c5ncn(C)n5)cccc43)c2C1=O. The summed E-state index contributed by atoms with van der Waals surface area (Å²) in [7, 11) is 1.77. The lowest BCUT2D eigenvalue weighted by molar-refractivity contribution is -0.117. The molecule has 6 rings (SSSR count). The van der Waals surface area contributed by atoms with Gasteiger partial charge in [0.05, 0.1) is 34.5 Å². The van der Waals surface area contributed by atoms with Crippen LogP contribution in [0.1, 0.15) is 33.0 Å². The number of anilines is 1. The summed E-state index contributed by atoms with van der Waals surface area (Å²) in [5.41, 5.74) is 2.86. The molecule has 2 amide bonds. The Kier molecular flexibility index (Phi) is 3.29.